The average Bonchev–Trinajstić information content (AvgIpc) is 3.07. The molecule has 0 aromatic carbocycles. The van der Waals surface area contributed by atoms with Gasteiger partial charge in [-0.1, -0.05) is 0 Å². The molecule has 19 heavy (non-hydrogen) atoms. The Kier molecular flexibility index (Phi) is 3.35. The van der Waals surface area contributed by atoms with Gasteiger partial charge < -0.3 is 15.2 Å². The van der Waals surface area contributed by atoms with Crippen LogP contribution in [0.1, 0.15) is 55.9 Å². The van der Waals surface area contributed by atoms with Crippen molar-refractivity contribution < 1.29 is 4.79 Å². The third-order valence-electron chi connectivity index (χ3n) is 4.58. The molecule has 0 radical (unpaired) electrons. The van der Waals surface area contributed by atoms with Crippen LogP contribution in [-0.4, -0.2) is 28.5 Å². The van der Waals surface area contributed by atoms with Crippen LogP contribution in [0.25, 0.3) is 0 Å². The molecular weight excluding hydrogens is 238 g/mol. The van der Waals surface area contributed by atoms with Crippen molar-refractivity contribution in [2.45, 2.75) is 51.1 Å². The van der Waals surface area contributed by atoms with E-state index in [2.05, 4.69) is 16.8 Å². The van der Waals surface area contributed by atoms with E-state index in [1.807, 2.05) is 11.8 Å². The lowest BCUT2D eigenvalue weighted by Crippen LogP contribution is -2.34. The van der Waals surface area contributed by atoms with Crippen molar-refractivity contribution in [3.8, 4) is 0 Å². The predicted molar refractivity (Wildman–Crippen MR) is 74.8 cm³/mol. The number of aromatic nitrogens is 1. The second kappa shape index (κ2) is 5.00. The largest absolute Gasteiger partial charge is 0.341 e. The number of carbonyl (C=O) groups is 1. The topological polar surface area (TPSA) is 51.3 Å². The zero-order valence-electron chi connectivity index (χ0n) is 11.6. The molecule has 0 bridgehead atoms. The van der Waals surface area contributed by atoms with Gasteiger partial charge >= 0.3 is 0 Å². The molecule has 2 atom stereocenters. The minimum atomic E-state index is -0.0906. The Balaban J connectivity index is 1.83. The Morgan fingerprint density at radius 1 is 1.37 bits per heavy atom. The van der Waals surface area contributed by atoms with Gasteiger partial charge in [-0.3, -0.25) is 4.79 Å². The Morgan fingerprint density at radius 3 is 2.84 bits per heavy atom. The van der Waals surface area contributed by atoms with Crippen molar-refractivity contribution in [2.75, 3.05) is 13.1 Å². The maximum absolute atomic E-state index is 12.5. The molecule has 1 amide bonds. The van der Waals surface area contributed by atoms with E-state index < -0.39 is 0 Å². The SMILES string of the molecule is CC(C(=O)N1CCCC1)n1ccc2c1CCCC2N. The van der Waals surface area contributed by atoms with E-state index in [0.717, 1.165) is 45.2 Å². The summed E-state index contributed by atoms with van der Waals surface area (Å²) in [6.07, 6.45) is 7.58. The smallest absolute Gasteiger partial charge is 0.245 e. The van der Waals surface area contributed by atoms with Crippen LogP contribution in [0.3, 0.4) is 0 Å². The molecule has 1 saturated heterocycles. The first-order chi connectivity index (χ1) is 9.18. The number of nitrogens with zero attached hydrogens (tertiary/aromatic N) is 2. The first-order valence-corrected chi connectivity index (χ1v) is 7.42. The van der Waals surface area contributed by atoms with Crippen molar-refractivity contribution in [2.24, 2.45) is 5.73 Å². The Labute approximate surface area is 114 Å². The number of amides is 1. The highest BCUT2D eigenvalue weighted by Crippen LogP contribution is 2.31. The van der Waals surface area contributed by atoms with Gasteiger partial charge in [-0.2, -0.15) is 0 Å². The summed E-state index contributed by atoms with van der Waals surface area (Å²) in [5.74, 6) is 0.259. The van der Waals surface area contributed by atoms with Crippen molar-refractivity contribution in [3.05, 3.63) is 23.5 Å². The molecule has 1 fully saturated rings. The molecule has 0 spiro atoms. The number of likely N-dealkylation sites (tertiary alicyclic amines) is 1. The van der Waals surface area contributed by atoms with Crippen LogP contribution in [0.5, 0.6) is 0 Å². The van der Waals surface area contributed by atoms with Crippen molar-refractivity contribution >= 4 is 5.91 Å². The summed E-state index contributed by atoms with van der Waals surface area (Å²) in [6, 6.07) is 2.17. The summed E-state index contributed by atoms with van der Waals surface area (Å²) in [6.45, 7) is 3.86. The van der Waals surface area contributed by atoms with E-state index in [1.165, 1.54) is 11.3 Å². The summed E-state index contributed by atoms with van der Waals surface area (Å²) < 4.78 is 2.15. The number of fused-ring (bicyclic) bond motifs is 1. The van der Waals surface area contributed by atoms with Crippen molar-refractivity contribution in [1.82, 2.24) is 9.47 Å². The van der Waals surface area contributed by atoms with Gasteiger partial charge in [-0.05, 0) is 50.7 Å². The molecule has 0 saturated carbocycles. The van der Waals surface area contributed by atoms with Crippen LogP contribution in [0.4, 0.5) is 0 Å². The van der Waals surface area contributed by atoms with E-state index in [-0.39, 0.29) is 18.0 Å². The predicted octanol–water partition coefficient (Wildman–Crippen LogP) is 2.01. The minimum Gasteiger partial charge on any atom is -0.341 e. The highest BCUT2D eigenvalue weighted by molar-refractivity contribution is 5.80. The number of rotatable bonds is 2. The van der Waals surface area contributed by atoms with E-state index in [4.69, 9.17) is 5.73 Å². The van der Waals surface area contributed by atoms with E-state index in [9.17, 15) is 4.79 Å². The fourth-order valence-corrected chi connectivity index (χ4v) is 3.44. The Hall–Kier alpha value is -1.29. The standard InChI is InChI=1S/C15H23N3O/c1-11(15(19)17-8-2-3-9-17)18-10-7-12-13(16)5-4-6-14(12)18/h7,10-11,13H,2-6,8-9,16H2,1H3. The number of nitrogens with two attached hydrogens (primary N) is 1. The van der Waals surface area contributed by atoms with Crippen molar-refractivity contribution in [1.29, 1.82) is 0 Å². The molecule has 2 N–H and O–H groups in total. The Bertz CT molecular complexity index is 474. The highest BCUT2D eigenvalue weighted by Gasteiger charge is 2.28. The molecule has 3 rings (SSSR count). The molecule has 1 aromatic heterocycles. The van der Waals surface area contributed by atoms with Gasteiger partial charge in [0.2, 0.25) is 5.91 Å². The van der Waals surface area contributed by atoms with Gasteiger partial charge in [0, 0.05) is 31.0 Å². The maximum Gasteiger partial charge on any atom is 0.245 e. The first-order valence-electron chi connectivity index (χ1n) is 7.42. The second-order valence-electron chi connectivity index (χ2n) is 5.83. The monoisotopic (exact) mass is 261 g/mol. The normalized spacial score (nSPS) is 24.3. The number of hydrogen-bond donors (Lipinski definition) is 1. The van der Waals surface area contributed by atoms with Gasteiger partial charge in [0.15, 0.2) is 0 Å². The van der Waals surface area contributed by atoms with E-state index in [0.29, 0.717) is 0 Å². The van der Waals surface area contributed by atoms with E-state index >= 15 is 0 Å². The third kappa shape index (κ3) is 2.18. The summed E-state index contributed by atoms with van der Waals surface area (Å²) in [7, 11) is 0. The molecule has 4 nitrogen and oxygen atoms in total. The molecule has 2 heterocycles. The lowest BCUT2D eigenvalue weighted by molar-refractivity contribution is -0.133. The summed E-state index contributed by atoms with van der Waals surface area (Å²) >= 11 is 0. The van der Waals surface area contributed by atoms with Crippen molar-refractivity contribution in [3.63, 3.8) is 0 Å². The zero-order chi connectivity index (χ0) is 13.4. The molecule has 1 aliphatic carbocycles. The molecular formula is C15H23N3O. The van der Waals surface area contributed by atoms with Crippen LogP contribution < -0.4 is 5.73 Å². The fourth-order valence-electron chi connectivity index (χ4n) is 3.44. The third-order valence-corrected chi connectivity index (χ3v) is 4.58. The van der Waals surface area contributed by atoms with Crippen LogP contribution >= 0.6 is 0 Å². The van der Waals surface area contributed by atoms with Gasteiger partial charge in [0.25, 0.3) is 0 Å². The lowest BCUT2D eigenvalue weighted by atomic mass is 9.93. The maximum atomic E-state index is 12.5. The van der Waals surface area contributed by atoms with Gasteiger partial charge in [-0.25, -0.2) is 0 Å². The molecule has 1 aliphatic heterocycles. The molecule has 1 aromatic rings. The molecule has 4 heteroatoms. The average molecular weight is 261 g/mol. The minimum absolute atomic E-state index is 0.0906. The molecule has 2 aliphatic rings. The molecule has 2 unspecified atom stereocenters. The molecule has 104 valence electrons. The van der Waals surface area contributed by atoms with Crippen LogP contribution in [-0.2, 0) is 11.2 Å². The van der Waals surface area contributed by atoms with Crippen LogP contribution in [0.2, 0.25) is 0 Å². The summed E-state index contributed by atoms with van der Waals surface area (Å²) in [5, 5.41) is 0. The van der Waals surface area contributed by atoms with E-state index in [1.54, 1.807) is 0 Å². The second-order valence-corrected chi connectivity index (χ2v) is 5.83. The summed E-state index contributed by atoms with van der Waals surface area (Å²) in [5.41, 5.74) is 8.67. The summed E-state index contributed by atoms with van der Waals surface area (Å²) in [4.78, 5) is 14.5. The number of hydrogen-bond acceptors (Lipinski definition) is 2. The highest BCUT2D eigenvalue weighted by atomic mass is 16.2. The van der Waals surface area contributed by atoms with Crippen LogP contribution in [0.15, 0.2) is 12.3 Å². The zero-order valence-corrected chi connectivity index (χ0v) is 11.6. The quantitative estimate of drug-likeness (QED) is 0.885. The Morgan fingerprint density at radius 2 is 2.11 bits per heavy atom. The van der Waals surface area contributed by atoms with Gasteiger partial charge in [-0.15, -0.1) is 0 Å². The number of carbonyl (C=O) groups excluding carboxylic acids is 1. The first kappa shape index (κ1) is 12.7. The fraction of sp³-hybridized carbons (Fsp3) is 0.667. The lowest BCUT2D eigenvalue weighted by Gasteiger charge is -2.26. The van der Waals surface area contributed by atoms with Crippen LogP contribution in [0, 0.1) is 0 Å². The van der Waals surface area contributed by atoms with Gasteiger partial charge in [0.1, 0.15) is 6.04 Å². The van der Waals surface area contributed by atoms with Gasteiger partial charge in [0.05, 0.1) is 0 Å².